The van der Waals surface area contributed by atoms with Crippen molar-refractivity contribution in [3.63, 3.8) is 0 Å². The lowest BCUT2D eigenvalue weighted by atomic mass is 10.0. The van der Waals surface area contributed by atoms with E-state index in [2.05, 4.69) is 0 Å². The van der Waals surface area contributed by atoms with Gasteiger partial charge in [-0.2, -0.15) is 13.2 Å². The second-order valence-electron chi connectivity index (χ2n) is 3.55. The summed E-state index contributed by atoms with van der Waals surface area (Å²) in [5.41, 5.74) is 6.11. The first-order chi connectivity index (χ1) is 7.45. The molecular weight excluding hydrogens is 215 g/mol. The van der Waals surface area contributed by atoms with Crippen LogP contribution in [0.25, 0.3) is 6.08 Å². The van der Waals surface area contributed by atoms with Gasteiger partial charge in [0, 0.05) is 0 Å². The van der Waals surface area contributed by atoms with Gasteiger partial charge >= 0.3 is 6.18 Å². The van der Waals surface area contributed by atoms with Crippen LogP contribution in [-0.4, -0.2) is 6.54 Å². The van der Waals surface area contributed by atoms with Gasteiger partial charge in [-0.15, -0.1) is 0 Å². The maximum atomic E-state index is 12.4. The van der Waals surface area contributed by atoms with Gasteiger partial charge < -0.3 is 5.73 Å². The molecule has 1 aromatic rings. The van der Waals surface area contributed by atoms with E-state index in [-0.39, 0.29) is 0 Å². The molecule has 1 rings (SSSR count). The van der Waals surface area contributed by atoms with Crippen LogP contribution < -0.4 is 5.73 Å². The van der Waals surface area contributed by atoms with E-state index in [0.29, 0.717) is 12.1 Å². The lowest BCUT2D eigenvalue weighted by Crippen LogP contribution is -2.05. The summed E-state index contributed by atoms with van der Waals surface area (Å²) in [5, 5.41) is 0. The van der Waals surface area contributed by atoms with Crippen LogP contribution in [0.4, 0.5) is 13.2 Å². The highest BCUT2D eigenvalue weighted by molar-refractivity contribution is 5.54. The Labute approximate surface area is 92.8 Å². The summed E-state index contributed by atoms with van der Waals surface area (Å²) in [6, 6.07) is 3.72. The number of nitrogens with two attached hydrogens (primary N) is 1. The second-order valence-corrected chi connectivity index (χ2v) is 3.55. The van der Waals surface area contributed by atoms with Gasteiger partial charge in [0.1, 0.15) is 0 Å². The molecule has 0 aliphatic heterocycles. The lowest BCUT2D eigenvalue weighted by molar-refractivity contribution is -0.137. The van der Waals surface area contributed by atoms with Gasteiger partial charge in [0.05, 0.1) is 5.56 Å². The number of hydrogen-bond donors (Lipinski definition) is 1. The number of rotatable bonds is 3. The van der Waals surface area contributed by atoms with E-state index < -0.39 is 11.7 Å². The van der Waals surface area contributed by atoms with Crippen molar-refractivity contribution >= 4 is 6.08 Å². The molecule has 0 unspecified atom stereocenters. The van der Waals surface area contributed by atoms with Gasteiger partial charge in [-0.25, -0.2) is 0 Å². The molecule has 0 heterocycles. The third-order valence-electron chi connectivity index (χ3n) is 2.23. The minimum absolute atomic E-state index is 0.538. The molecule has 4 heteroatoms. The molecule has 0 radical (unpaired) electrons. The summed E-state index contributed by atoms with van der Waals surface area (Å²) in [6.07, 6.45) is 0.0999. The lowest BCUT2D eigenvalue weighted by Gasteiger charge is -2.08. The highest BCUT2D eigenvalue weighted by Crippen LogP contribution is 2.30. The van der Waals surface area contributed by atoms with Crippen LogP contribution in [0.1, 0.15) is 23.1 Å². The molecular formula is C12H14F3N. The van der Waals surface area contributed by atoms with Gasteiger partial charge in [-0.1, -0.05) is 18.2 Å². The molecule has 0 aromatic heterocycles. The van der Waals surface area contributed by atoms with Gasteiger partial charge in [0.25, 0.3) is 0 Å². The summed E-state index contributed by atoms with van der Waals surface area (Å²) < 4.78 is 37.1. The molecule has 0 fully saturated rings. The summed E-state index contributed by atoms with van der Waals surface area (Å²) >= 11 is 0. The standard InChI is InChI=1S/C12H14F3N/c1-9-8-11(12(13,14)15)6-5-10(9)4-2-3-7-16/h2,4-6,8H,3,7,16H2,1H3. The van der Waals surface area contributed by atoms with Crippen molar-refractivity contribution in [3.8, 4) is 0 Å². The SMILES string of the molecule is Cc1cc(C(F)(F)F)ccc1C=CCCN. The van der Waals surface area contributed by atoms with Crippen molar-refractivity contribution in [2.24, 2.45) is 5.73 Å². The highest BCUT2D eigenvalue weighted by atomic mass is 19.4. The fourth-order valence-corrected chi connectivity index (χ4v) is 1.35. The topological polar surface area (TPSA) is 26.0 Å². The Hall–Kier alpha value is -1.29. The maximum absolute atomic E-state index is 12.4. The highest BCUT2D eigenvalue weighted by Gasteiger charge is 2.30. The van der Waals surface area contributed by atoms with Crippen molar-refractivity contribution in [1.29, 1.82) is 0 Å². The number of aryl methyl sites for hydroxylation is 1. The zero-order chi connectivity index (χ0) is 12.2. The molecule has 0 saturated carbocycles. The first kappa shape index (κ1) is 12.8. The molecule has 0 aliphatic rings. The Morgan fingerprint density at radius 1 is 1.31 bits per heavy atom. The average Bonchev–Trinajstić information content (AvgIpc) is 2.19. The molecule has 0 saturated heterocycles. The minimum Gasteiger partial charge on any atom is -0.330 e. The summed E-state index contributed by atoms with van der Waals surface area (Å²) in [6.45, 7) is 2.20. The summed E-state index contributed by atoms with van der Waals surface area (Å²) in [5.74, 6) is 0. The first-order valence-corrected chi connectivity index (χ1v) is 4.99. The van der Waals surface area contributed by atoms with Crippen molar-refractivity contribution in [1.82, 2.24) is 0 Å². The molecule has 0 aliphatic carbocycles. The fraction of sp³-hybridized carbons (Fsp3) is 0.333. The molecule has 0 atom stereocenters. The van der Waals surface area contributed by atoms with Crippen molar-refractivity contribution < 1.29 is 13.2 Å². The van der Waals surface area contributed by atoms with E-state index in [4.69, 9.17) is 5.73 Å². The third kappa shape index (κ3) is 3.38. The number of halogens is 3. The molecule has 0 amide bonds. The van der Waals surface area contributed by atoms with Crippen LogP contribution in [0.2, 0.25) is 0 Å². The molecule has 16 heavy (non-hydrogen) atoms. The minimum atomic E-state index is -4.27. The monoisotopic (exact) mass is 229 g/mol. The Morgan fingerprint density at radius 2 is 2.00 bits per heavy atom. The first-order valence-electron chi connectivity index (χ1n) is 4.99. The number of hydrogen-bond acceptors (Lipinski definition) is 1. The number of benzene rings is 1. The third-order valence-corrected chi connectivity index (χ3v) is 2.23. The van der Waals surface area contributed by atoms with E-state index >= 15 is 0 Å². The normalized spacial score (nSPS) is 12.3. The van der Waals surface area contributed by atoms with Gasteiger partial charge in [-0.05, 0) is 43.1 Å². The van der Waals surface area contributed by atoms with E-state index in [1.807, 2.05) is 6.08 Å². The average molecular weight is 229 g/mol. The van der Waals surface area contributed by atoms with Crippen molar-refractivity contribution in [2.75, 3.05) is 6.54 Å². The molecule has 2 N–H and O–H groups in total. The van der Waals surface area contributed by atoms with Crippen molar-refractivity contribution in [2.45, 2.75) is 19.5 Å². The Kier molecular flexibility index (Phi) is 4.12. The van der Waals surface area contributed by atoms with Crippen LogP contribution in [0.15, 0.2) is 24.3 Å². The zero-order valence-corrected chi connectivity index (χ0v) is 9.01. The van der Waals surface area contributed by atoms with Gasteiger partial charge in [0.15, 0.2) is 0 Å². The predicted molar refractivity (Wildman–Crippen MR) is 58.9 cm³/mol. The quantitative estimate of drug-likeness (QED) is 0.844. The molecule has 0 bridgehead atoms. The van der Waals surface area contributed by atoms with Crippen LogP contribution in [0, 0.1) is 6.92 Å². The van der Waals surface area contributed by atoms with E-state index in [9.17, 15) is 13.2 Å². The smallest absolute Gasteiger partial charge is 0.330 e. The van der Waals surface area contributed by atoms with Crippen molar-refractivity contribution in [3.05, 3.63) is 41.0 Å². The predicted octanol–water partition coefficient (Wildman–Crippen LogP) is 3.38. The Balaban J connectivity index is 2.92. The van der Waals surface area contributed by atoms with Crippen LogP contribution in [-0.2, 0) is 6.18 Å². The van der Waals surface area contributed by atoms with Crippen LogP contribution in [0.5, 0.6) is 0 Å². The Morgan fingerprint density at radius 3 is 2.50 bits per heavy atom. The van der Waals surface area contributed by atoms with Crippen LogP contribution >= 0.6 is 0 Å². The second kappa shape index (κ2) is 5.16. The van der Waals surface area contributed by atoms with E-state index in [1.54, 1.807) is 13.0 Å². The summed E-state index contributed by atoms with van der Waals surface area (Å²) in [4.78, 5) is 0. The van der Waals surface area contributed by atoms with E-state index in [1.165, 1.54) is 6.07 Å². The molecule has 0 spiro atoms. The molecule has 1 aromatic carbocycles. The number of alkyl halides is 3. The Bertz CT molecular complexity index is 380. The zero-order valence-electron chi connectivity index (χ0n) is 9.01. The maximum Gasteiger partial charge on any atom is 0.416 e. The molecule has 1 nitrogen and oxygen atoms in total. The molecule has 88 valence electrons. The summed E-state index contributed by atoms with van der Waals surface area (Å²) in [7, 11) is 0. The van der Waals surface area contributed by atoms with Gasteiger partial charge in [0.2, 0.25) is 0 Å². The van der Waals surface area contributed by atoms with E-state index in [0.717, 1.165) is 24.1 Å². The fourth-order valence-electron chi connectivity index (χ4n) is 1.35. The van der Waals surface area contributed by atoms with Gasteiger partial charge in [-0.3, -0.25) is 0 Å². The van der Waals surface area contributed by atoms with Crippen LogP contribution in [0.3, 0.4) is 0 Å². The largest absolute Gasteiger partial charge is 0.416 e.